The molecule has 4 heteroatoms. The number of amides is 1. The molecule has 1 aliphatic rings. The summed E-state index contributed by atoms with van der Waals surface area (Å²) < 4.78 is 0.934. The van der Waals surface area contributed by atoms with Crippen molar-refractivity contribution in [2.75, 3.05) is 6.54 Å². The predicted molar refractivity (Wildman–Crippen MR) is 79.5 cm³/mol. The Morgan fingerprint density at radius 3 is 2.61 bits per heavy atom. The van der Waals surface area contributed by atoms with Crippen LogP contribution in [-0.4, -0.2) is 23.2 Å². The maximum atomic E-state index is 12.0. The maximum absolute atomic E-state index is 12.0. The molecule has 1 aliphatic carbocycles. The van der Waals surface area contributed by atoms with Crippen molar-refractivity contribution < 1.29 is 9.90 Å². The summed E-state index contributed by atoms with van der Waals surface area (Å²) in [5.41, 5.74) is -0.0220. The fraction of sp³-hybridized carbons (Fsp3) is 0.500. The highest BCUT2D eigenvalue weighted by atomic mass is 127. The summed E-state index contributed by atoms with van der Waals surface area (Å²) in [6.07, 6.45) is 4.87. The molecule has 0 aliphatic heterocycles. The second-order valence-electron chi connectivity index (χ2n) is 4.95. The Kier molecular flexibility index (Phi) is 4.61. The Hall–Kier alpha value is -0.620. The largest absolute Gasteiger partial charge is 0.388 e. The molecule has 2 N–H and O–H groups in total. The predicted octanol–water partition coefficient (Wildman–Crippen LogP) is 2.72. The van der Waals surface area contributed by atoms with Gasteiger partial charge in [-0.2, -0.15) is 0 Å². The van der Waals surface area contributed by atoms with Crippen molar-refractivity contribution >= 4 is 28.5 Å². The molecule has 0 saturated heterocycles. The van der Waals surface area contributed by atoms with Crippen LogP contribution in [0.1, 0.15) is 42.5 Å². The molecule has 0 aromatic heterocycles. The van der Waals surface area contributed by atoms with Crippen molar-refractivity contribution in [1.29, 1.82) is 0 Å². The molecule has 1 fully saturated rings. The summed E-state index contributed by atoms with van der Waals surface area (Å²) in [6, 6.07) is 7.48. The Morgan fingerprint density at radius 1 is 1.28 bits per heavy atom. The van der Waals surface area contributed by atoms with Gasteiger partial charge in [0.1, 0.15) is 0 Å². The lowest BCUT2D eigenvalue weighted by atomic mass is 9.85. The zero-order chi connectivity index (χ0) is 13.0. The molecule has 1 aromatic carbocycles. The first-order valence-electron chi connectivity index (χ1n) is 6.36. The summed E-state index contributed by atoms with van der Waals surface area (Å²) in [5.74, 6) is -0.0981. The van der Waals surface area contributed by atoms with Crippen molar-refractivity contribution in [2.24, 2.45) is 0 Å². The molecule has 1 saturated carbocycles. The van der Waals surface area contributed by atoms with Crippen LogP contribution in [-0.2, 0) is 0 Å². The van der Waals surface area contributed by atoms with E-state index in [2.05, 4.69) is 27.9 Å². The van der Waals surface area contributed by atoms with Crippen molar-refractivity contribution in [3.63, 3.8) is 0 Å². The van der Waals surface area contributed by atoms with Crippen LogP contribution in [0.4, 0.5) is 0 Å². The molecule has 3 nitrogen and oxygen atoms in total. The van der Waals surface area contributed by atoms with Crippen LogP contribution < -0.4 is 5.32 Å². The van der Waals surface area contributed by atoms with Crippen LogP contribution in [0, 0.1) is 3.57 Å². The first kappa shape index (κ1) is 13.8. The van der Waals surface area contributed by atoms with Gasteiger partial charge in [-0.1, -0.05) is 31.4 Å². The molecule has 0 radical (unpaired) electrons. The molecule has 98 valence electrons. The van der Waals surface area contributed by atoms with Gasteiger partial charge >= 0.3 is 0 Å². The van der Waals surface area contributed by atoms with Crippen LogP contribution in [0.25, 0.3) is 0 Å². The van der Waals surface area contributed by atoms with Crippen molar-refractivity contribution in [1.82, 2.24) is 5.32 Å². The van der Waals surface area contributed by atoms with E-state index in [-0.39, 0.29) is 5.91 Å². The van der Waals surface area contributed by atoms with E-state index in [1.807, 2.05) is 24.3 Å². The Balaban J connectivity index is 1.94. The van der Waals surface area contributed by atoms with E-state index in [0.29, 0.717) is 12.1 Å². The summed E-state index contributed by atoms with van der Waals surface area (Å²) in [7, 11) is 0. The van der Waals surface area contributed by atoms with Crippen LogP contribution in [0.15, 0.2) is 24.3 Å². The molecule has 0 unspecified atom stereocenters. The zero-order valence-electron chi connectivity index (χ0n) is 10.3. The number of hydrogen-bond donors (Lipinski definition) is 2. The van der Waals surface area contributed by atoms with Gasteiger partial charge in [0.05, 0.1) is 11.2 Å². The minimum atomic E-state index is -0.700. The fourth-order valence-corrected chi connectivity index (χ4v) is 3.00. The molecule has 0 atom stereocenters. The molecule has 0 heterocycles. The van der Waals surface area contributed by atoms with Gasteiger partial charge in [-0.05, 0) is 47.6 Å². The molecule has 18 heavy (non-hydrogen) atoms. The summed E-state index contributed by atoms with van der Waals surface area (Å²) in [5, 5.41) is 13.2. The lowest BCUT2D eigenvalue weighted by Gasteiger charge is -2.32. The van der Waals surface area contributed by atoms with Crippen LogP contribution in [0.2, 0.25) is 0 Å². The summed E-state index contributed by atoms with van der Waals surface area (Å²) in [6.45, 7) is 0.358. The SMILES string of the molecule is O=C(NCC1(O)CCCCC1)c1ccccc1I. The number of nitrogens with one attached hydrogen (secondary N) is 1. The number of benzene rings is 1. The normalized spacial score (nSPS) is 18.3. The molecule has 1 aromatic rings. The topological polar surface area (TPSA) is 49.3 Å². The van der Waals surface area contributed by atoms with Gasteiger partial charge in [-0.3, -0.25) is 4.79 Å². The van der Waals surface area contributed by atoms with Crippen molar-refractivity contribution in [3.8, 4) is 0 Å². The summed E-state index contributed by atoms with van der Waals surface area (Å²) >= 11 is 2.15. The lowest BCUT2D eigenvalue weighted by Crippen LogP contribution is -2.44. The third-order valence-electron chi connectivity index (χ3n) is 3.48. The maximum Gasteiger partial charge on any atom is 0.252 e. The van der Waals surface area contributed by atoms with E-state index in [1.165, 1.54) is 6.42 Å². The minimum absolute atomic E-state index is 0.0981. The quantitative estimate of drug-likeness (QED) is 0.816. The Bertz CT molecular complexity index is 428. The van der Waals surface area contributed by atoms with Gasteiger partial charge < -0.3 is 10.4 Å². The standard InChI is InChI=1S/C14H18INO2/c15-12-7-3-2-6-11(12)13(17)16-10-14(18)8-4-1-5-9-14/h2-3,6-7,18H,1,4-5,8-10H2,(H,16,17). The third kappa shape index (κ3) is 3.45. The average molecular weight is 359 g/mol. The number of halogens is 1. The zero-order valence-corrected chi connectivity index (χ0v) is 12.4. The second kappa shape index (κ2) is 6.02. The number of carbonyl (C=O) groups is 1. The lowest BCUT2D eigenvalue weighted by molar-refractivity contribution is 0.00525. The highest BCUT2D eigenvalue weighted by Crippen LogP contribution is 2.27. The van der Waals surface area contributed by atoms with Crippen LogP contribution in [0.5, 0.6) is 0 Å². The molecule has 0 bridgehead atoms. The number of rotatable bonds is 3. The number of aliphatic hydroxyl groups is 1. The number of hydrogen-bond acceptors (Lipinski definition) is 2. The van der Waals surface area contributed by atoms with Crippen LogP contribution in [0.3, 0.4) is 0 Å². The smallest absolute Gasteiger partial charge is 0.252 e. The van der Waals surface area contributed by atoms with Gasteiger partial charge in [0.2, 0.25) is 0 Å². The van der Waals surface area contributed by atoms with E-state index in [0.717, 1.165) is 29.3 Å². The molecule has 2 rings (SSSR count). The number of carbonyl (C=O) groups excluding carboxylic acids is 1. The van der Waals surface area contributed by atoms with Gasteiger partial charge in [-0.25, -0.2) is 0 Å². The van der Waals surface area contributed by atoms with E-state index in [4.69, 9.17) is 0 Å². The second-order valence-corrected chi connectivity index (χ2v) is 6.11. The monoisotopic (exact) mass is 359 g/mol. The van der Waals surface area contributed by atoms with Crippen molar-refractivity contribution in [2.45, 2.75) is 37.7 Å². The van der Waals surface area contributed by atoms with Crippen molar-refractivity contribution in [3.05, 3.63) is 33.4 Å². The van der Waals surface area contributed by atoms with E-state index in [9.17, 15) is 9.90 Å². The Morgan fingerprint density at radius 2 is 1.94 bits per heavy atom. The molecular weight excluding hydrogens is 341 g/mol. The van der Waals surface area contributed by atoms with Gasteiger partial charge in [-0.15, -0.1) is 0 Å². The molecular formula is C14H18INO2. The van der Waals surface area contributed by atoms with Crippen LogP contribution >= 0.6 is 22.6 Å². The highest BCUT2D eigenvalue weighted by molar-refractivity contribution is 14.1. The molecule has 0 spiro atoms. The highest BCUT2D eigenvalue weighted by Gasteiger charge is 2.29. The third-order valence-corrected chi connectivity index (χ3v) is 4.42. The van der Waals surface area contributed by atoms with Gasteiger partial charge in [0.25, 0.3) is 5.91 Å². The van der Waals surface area contributed by atoms with E-state index in [1.54, 1.807) is 0 Å². The van der Waals surface area contributed by atoms with Gasteiger partial charge in [0.15, 0.2) is 0 Å². The molecule has 1 amide bonds. The Labute approximate surface area is 121 Å². The van der Waals surface area contributed by atoms with E-state index >= 15 is 0 Å². The summed E-state index contributed by atoms with van der Waals surface area (Å²) in [4.78, 5) is 12.0. The minimum Gasteiger partial charge on any atom is -0.388 e. The van der Waals surface area contributed by atoms with E-state index < -0.39 is 5.60 Å². The first-order chi connectivity index (χ1) is 8.61. The first-order valence-corrected chi connectivity index (χ1v) is 7.44. The average Bonchev–Trinajstić information content (AvgIpc) is 2.38. The van der Waals surface area contributed by atoms with Gasteiger partial charge in [0, 0.05) is 10.1 Å². The fourth-order valence-electron chi connectivity index (χ4n) is 2.37.